The summed E-state index contributed by atoms with van der Waals surface area (Å²) in [6.45, 7) is 3.41. The number of hydrogen-bond acceptors (Lipinski definition) is 4. The zero-order chi connectivity index (χ0) is 15.1. The van der Waals surface area contributed by atoms with Crippen LogP contribution in [-0.2, 0) is 19.1 Å². The first kappa shape index (κ1) is 18.2. The van der Waals surface area contributed by atoms with Crippen LogP contribution in [0.25, 0.3) is 0 Å². The van der Waals surface area contributed by atoms with Crippen molar-refractivity contribution in [2.75, 3.05) is 0 Å². The fourth-order valence-corrected chi connectivity index (χ4v) is 1.91. The summed E-state index contributed by atoms with van der Waals surface area (Å²) in [6, 6.07) is 0. The van der Waals surface area contributed by atoms with Crippen molar-refractivity contribution in [2.24, 2.45) is 0 Å². The molecule has 0 heterocycles. The van der Waals surface area contributed by atoms with Gasteiger partial charge in [-0.1, -0.05) is 0 Å². The fourth-order valence-electron chi connectivity index (χ4n) is 1.40. The van der Waals surface area contributed by atoms with Gasteiger partial charge in [0.15, 0.2) is 0 Å². The molecule has 1 unspecified atom stereocenters. The van der Waals surface area contributed by atoms with Crippen molar-refractivity contribution in [3.05, 3.63) is 0 Å². The van der Waals surface area contributed by atoms with Gasteiger partial charge in [0.1, 0.15) is 5.60 Å². The Hall–Kier alpha value is -0.810. The maximum atomic E-state index is 11.4. The van der Waals surface area contributed by atoms with E-state index in [0.717, 1.165) is 0 Å². The lowest BCUT2D eigenvalue weighted by molar-refractivity contribution is -0.159. The van der Waals surface area contributed by atoms with Gasteiger partial charge in [0.2, 0.25) is 5.24 Å². The van der Waals surface area contributed by atoms with Crippen LogP contribution in [0.5, 0.6) is 0 Å². The van der Waals surface area contributed by atoms with E-state index in [1.807, 2.05) is 0 Å². The molecular formula is C12H18Cl2O5. The van der Waals surface area contributed by atoms with Crippen LogP contribution in [0.4, 0.5) is 0 Å². The van der Waals surface area contributed by atoms with Crippen molar-refractivity contribution >= 4 is 40.4 Å². The molecule has 0 saturated heterocycles. The highest BCUT2D eigenvalue weighted by atomic mass is 35.5. The third kappa shape index (κ3) is 10.8. The monoisotopic (exact) mass is 312 g/mol. The lowest BCUT2D eigenvalue weighted by atomic mass is 10.00. The number of ether oxygens (including phenoxy) is 1. The first-order valence-corrected chi connectivity index (χ1v) is 6.70. The standard InChI is InChI=1S/C12H18Cl2O5/c1-12(2,6-5-8(13)7-9(14)15)19-11(18)4-3-10(16)17/h8H,3-7H2,1-2H3,(H,16,17). The molecule has 0 saturated carbocycles. The number of carbonyl (C=O) groups excluding carboxylic acids is 2. The molecule has 0 fully saturated rings. The molecule has 0 aliphatic rings. The van der Waals surface area contributed by atoms with E-state index in [1.54, 1.807) is 13.8 Å². The van der Waals surface area contributed by atoms with Crippen LogP contribution in [0.3, 0.4) is 0 Å². The predicted octanol–water partition coefficient (Wildman–Crippen LogP) is 2.72. The molecule has 0 aromatic carbocycles. The van der Waals surface area contributed by atoms with Gasteiger partial charge in [-0.15, -0.1) is 11.6 Å². The van der Waals surface area contributed by atoms with Gasteiger partial charge >= 0.3 is 11.9 Å². The van der Waals surface area contributed by atoms with E-state index in [-0.39, 0.29) is 19.3 Å². The van der Waals surface area contributed by atoms with Crippen molar-refractivity contribution < 1.29 is 24.2 Å². The molecule has 5 nitrogen and oxygen atoms in total. The van der Waals surface area contributed by atoms with Crippen molar-refractivity contribution in [3.8, 4) is 0 Å². The van der Waals surface area contributed by atoms with Crippen LogP contribution < -0.4 is 0 Å². The first-order chi connectivity index (χ1) is 8.62. The Morgan fingerprint density at radius 1 is 1.26 bits per heavy atom. The van der Waals surface area contributed by atoms with Gasteiger partial charge in [-0.3, -0.25) is 14.4 Å². The highest BCUT2D eigenvalue weighted by molar-refractivity contribution is 6.63. The number of carbonyl (C=O) groups is 3. The third-order valence-electron chi connectivity index (χ3n) is 2.37. The van der Waals surface area contributed by atoms with E-state index < -0.39 is 28.2 Å². The van der Waals surface area contributed by atoms with Gasteiger partial charge in [-0.25, -0.2) is 0 Å². The average molecular weight is 313 g/mol. The molecule has 1 N–H and O–H groups in total. The highest BCUT2D eigenvalue weighted by Gasteiger charge is 2.24. The molecule has 1 atom stereocenters. The largest absolute Gasteiger partial charge is 0.481 e. The lowest BCUT2D eigenvalue weighted by Gasteiger charge is -2.26. The Kier molecular flexibility index (Phi) is 8.02. The number of rotatable bonds is 9. The molecule has 19 heavy (non-hydrogen) atoms. The van der Waals surface area contributed by atoms with Crippen molar-refractivity contribution in [1.29, 1.82) is 0 Å². The van der Waals surface area contributed by atoms with Crippen molar-refractivity contribution in [2.45, 2.75) is 56.9 Å². The zero-order valence-electron chi connectivity index (χ0n) is 10.9. The second kappa shape index (κ2) is 8.38. The number of carboxylic acids is 1. The van der Waals surface area contributed by atoms with Crippen LogP contribution in [0.15, 0.2) is 0 Å². The molecule has 0 spiro atoms. The summed E-state index contributed by atoms with van der Waals surface area (Å²) in [5.74, 6) is -1.61. The minimum atomic E-state index is -1.05. The molecule has 0 amide bonds. The molecule has 110 valence electrons. The number of hydrogen-bond donors (Lipinski definition) is 1. The van der Waals surface area contributed by atoms with Crippen molar-refractivity contribution in [1.82, 2.24) is 0 Å². The van der Waals surface area contributed by atoms with E-state index in [1.165, 1.54) is 0 Å². The van der Waals surface area contributed by atoms with Crippen LogP contribution in [0.2, 0.25) is 0 Å². The van der Waals surface area contributed by atoms with Gasteiger partial charge < -0.3 is 9.84 Å². The maximum Gasteiger partial charge on any atom is 0.306 e. The van der Waals surface area contributed by atoms with Crippen molar-refractivity contribution in [3.63, 3.8) is 0 Å². The number of alkyl halides is 1. The molecule has 0 aromatic rings. The number of halogens is 2. The lowest BCUT2D eigenvalue weighted by Crippen LogP contribution is -2.29. The van der Waals surface area contributed by atoms with Gasteiger partial charge in [0.05, 0.1) is 12.8 Å². The summed E-state index contributed by atoms with van der Waals surface area (Å²) < 4.78 is 5.16. The fraction of sp³-hybridized carbons (Fsp3) is 0.750. The van der Waals surface area contributed by atoms with Gasteiger partial charge in [-0.2, -0.15) is 0 Å². The molecular weight excluding hydrogens is 295 g/mol. The quantitative estimate of drug-likeness (QED) is 0.402. The summed E-state index contributed by atoms with van der Waals surface area (Å²) in [4.78, 5) is 32.4. The Morgan fingerprint density at radius 2 is 1.84 bits per heavy atom. The van der Waals surface area contributed by atoms with E-state index in [9.17, 15) is 14.4 Å². The molecule has 0 aromatic heterocycles. The second-order valence-corrected chi connectivity index (χ2v) is 5.86. The molecule has 0 bridgehead atoms. The zero-order valence-corrected chi connectivity index (χ0v) is 12.5. The van der Waals surface area contributed by atoms with Crippen LogP contribution in [0.1, 0.15) is 46.0 Å². The Balaban J connectivity index is 4.06. The molecule has 0 aliphatic heterocycles. The Labute approximate surface area is 122 Å². The predicted molar refractivity (Wildman–Crippen MR) is 71.4 cm³/mol. The third-order valence-corrected chi connectivity index (χ3v) is 2.90. The van der Waals surface area contributed by atoms with E-state index in [2.05, 4.69) is 0 Å². The maximum absolute atomic E-state index is 11.4. The van der Waals surface area contributed by atoms with Gasteiger partial charge in [-0.05, 0) is 38.3 Å². The van der Waals surface area contributed by atoms with Crippen LogP contribution in [0, 0.1) is 0 Å². The van der Waals surface area contributed by atoms with Crippen LogP contribution in [-0.4, -0.2) is 33.3 Å². The summed E-state index contributed by atoms with van der Waals surface area (Å²) in [5, 5.41) is 7.55. The highest BCUT2D eigenvalue weighted by Crippen LogP contribution is 2.22. The topological polar surface area (TPSA) is 80.7 Å². The Morgan fingerprint density at radius 3 is 2.32 bits per heavy atom. The first-order valence-electron chi connectivity index (χ1n) is 5.88. The number of esters is 1. The number of carboxylic acid groups (broad SMARTS) is 1. The minimum Gasteiger partial charge on any atom is -0.481 e. The molecule has 0 aliphatic carbocycles. The summed E-state index contributed by atoms with van der Waals surface area (Å²) in [6.07, 6.45) is 0.576. The van der Waals surface area contributed by atoms with Gasteiger partial charge in [0.25, 0.3) is 0 Å². The van der Waals surface area contributed by atoms with E-state index in [0.29, 0.717) is 12.8 Å². The number of aliphatic carboxylic acids is 1. The van der Waals surface area contributed by atoms with Crippen LogP contribution >= 0.6 is 23.2 Å². The summed E-state index contributed by atoms with van der Waals surface area (Å²) >= 11 is 11.1. The van der Waals surface area contributed by atoms with Gasteiger partial charge in [0, 0.05) is 11.8 Å². The molecule has 0 rings (SSSR count). The van der Waals surface area contributed by atoms with E-state index >= 15 is 0 Å². The normalized spacial score (nSPS) is 12.8. The summed E-state index contributed by atoms with van der Waals surface area (Å²) in [7, 11) is 0. The molecule has 0 radical (unpaired) electrons. The SMILES string of the molecule is CC(C)(CCC(Cl)CC(=O)Cl)OC(=O)CCC(=O)O. The smallest absolute Gasteiger partial charge is 0.306 e. The van der Waals surface area contributed by atoms with E-state index in [4.69, 9.17) is 33.0 Å². The minimum absolute atomic E-state index is 0.0617. The summed E-state index contributed by atoms with van der Waals surface area (Å²) in [5.41, 5.74) is -0.752. The average Bonchev–Trinajstić information content (AvgIpc) is 2.22. The second-order valence-electron chi connectivity index (χ2n) is 4.82. The molecule has 7 heteroatoms. The Bertz CT molecular complexity index is 341.